The predicted molar refractivity (Wildman–Crippen MR) is 68.0 cm³/mol. The van der Waals surface area contributed by atoms with Gasteiger partial charge in [0.05, 0.1) is 17.0 Å². The van der Waals surface area contributed by atoms with E-state index in [-0.39, 0.29) is 0 Å². The van der Waals surface area contributed by atoms with E-state index in [1.54, 1.807) is 13.3 Å². The molecule has 0 saturated carbocycles. The zero-order valence-electron chi connectivity index (χ0n) is 9.77. The molecule has 0 spiro atoms. The van der Waals surface area contributed by atoms with Crippen LogP contribution in [0.25, 0.3) is 0 Å². The first-order chi connectivity index (χ1) is 8.22. The maximum atomic E-state index is 10.6. The minimum absolute atomic E-state index is 0.659. The largest absolute Gasteiger partial charge is 0.496 e. The van der Waals surface area contributed by atoms with E-state index < -0.39 is 0 Å². The average molecular weight is 247 g/mol. The van der Waals surface area contributed by atoms with Crippen LogP contribution in [0.1, 0.15) is 25.8 Å². The third-order valence-electron chi connectivity index (χ3n) is 2.47. The van der Waals surface area contributed by atoms with Crippen molar-refractivity contribution in [1.29, 1.82) is 0 Å². The number of thiazole rings is 1. The number of ether oxygens (including phenoxy) is 1. The Labute approximate surface area is 104 Å². The second kappa shape index (κ2) is 5.10. The standard InChI is InChI=1S/C13H13NO2S/c1-9-3-4-12(16-2)10(5-9)6-13-14-7-11(8-15)17-13/h3-5,7-8H,6H2,1-2H3. The van der Waals surface area contributed by atoms with Crippen LogP contribution in [0.15, 0.2) is 24.4 Å². The molecule has 0 aliphatic heterocycles. The lowest BCUT2D eigenvalue weighted by molar-refractivity contribution is 0.112. The molecule has 0 amide bonds. The molecule has 2 aromatic rings. The summed E-state index contributed by atoms with van der Waals surface area (Å²) in [5, 5.41) is 0.927. The average Bonchev–Trinajstić information content (AvgIpc) is 2.77. The zero-order chi connectivity index (χ0) is 12.3. The predicted octanol–water partition coefficient (Wildman–Crippen LogP) is 2.86. The first-order valence-corrected chi connectivity index (χ1v) is 6.08. The molecule has 1 aromatic heterocycles. The lowest BCUT2D eigenvalue weighted by Gasteiger charge is -2.07. The maximum Gasteiger partial charge on any atom is 0.161 e. The van der Waals surface area contributed by atoms with Gasteiger partial charge >= 0.3 is 0 Å². The first kappa shape index (κ1) is 11.8. The van der Waals surface area contributed by atoms with E-state index in [0.717, 1.165) is 22.6 Å². The van der Waals surface area contributed by atoms with Crippen molar-refractivity contribution in [2.75, 3.05) is 7.11 Å². The van der Waals surface area contributed by atoms with Crippen LogP contribution in [0.5, 0.6) is 5.75 Å². The fourth-order valence-corrected chi connectivity index (χ4v) is 2.43. The van der Waals surface area contributed by atoms with Crippen molar-refractivity contribution in [2.24, 2.45) is 0 Å². The van der Waals surface area contributed by atoms with Gasteiger partial charge in [0.25, 0.3) is 0 Å². The Bertz CT molecular complexity index is 534. The number of nitrogens with zero attached hydrogens (tertiary/aromatic N) is 1. The van der Waals surface area contributed by atoms with Crippen molar-refractivity contribution in [3.63, 3.8) is 0 Å². The number of aldehydes is 1. The Hall–Kier alpha value is -1.68. The molecule has 0 aliphatic rings. The van der Waals surface area contributed by atoms with Crippen LogP contribution in [0.4, 0.5) is 0 Å². The third kappa shape index (κ3) is 2.71. The minimum Gasteiger partial charge on any atom is -0.496 e. The fraction of sp³-hybridized carbons (Fsp3) is 0.231. The van der Waals surface area contributed by atoms with Crippen molar-refractivity contribution < 1.29 is 9.53 Å². The lowest BCUT2D eigenvalue weighted by atomic mass is 10.1. The molecule has 0 bridgehead atoms. The molecule has 1 aromatic carbocycles. The fourth-order valence-electron chi connectivity index (χ4n) is 1.67. The second-order valence-corrected chi connectivity index (χ2v) is 4.91. The smallest absolute Gasteiger partial charge is 0.161 e. The van der Waals surface area contributed by atoms with Crippen LogP contribution in [0.2, 0.25) is 0 Å². The van der Waals surface area contributed by atoms with Gasteiger partial charge in [-0.3, -0.25) is 4.79 Å². The van der Waals surface area contributed by atoms with E-state index in [1.165, 1.54) is 16.9 Å². The molecule has 0 saturated heterocycles. The highest BCUT2D eigenvalue weighted by Gasteiger charge is 2.07. The molecule has 17 heavy (non-hydrogen) atoms. The number of hydrogen-bond acceptors (Lipinski definition) is 4. The number of aromatic nitrogens is 1. The van der Waals surface area contributed by atoms with Crippen LogP contribution < -0.4 is 4.74 Å². The van der Waals surface area contributed by atoms with Crippen LogP contribution in [0.3, 0.4) is 0 Å². The second-order valence-electron chi connectivity index (χ2n) is 3.77. The van der Waals surface area contributed by atoms with Crippen molar-refractivity contribution in [1.82, 2.24) is 4.98 Å². The topological polar surface area (TPSA) is 39.2 Å². The third-order valence-corrected chi connectivity index (χ3v) is 3.39. The quantitative estimate of drug-likeness (QED) is 0.780. The number of hydrogen-bond donors (Lipinski definition) is 0. The zero-order valence-corrected chi connectivity index (χ0v) is 10.6. The number of benzene rings is 1. The minimum atomic E-state index is 0.659. The van der Waals surface area contributed by atoms with Gasteiger partial charge in [0.15, 0.2) is 6.29 Å². The molecule has 2 rings (SSSR count). The van der Waals surface area contributed by atoms with Crippen LogP contribution in [0, 0.1) is 6.92 Å². The highest BCUT2D eigenvalue weighted by Crippen LogP contribution is 2.24. The molecular weight excluding hydrogens is 234 g/mol. The molecule has 1 heterocycles. The molecule has 0 fully saturated rings. The number of carbonyl (C=O) groups excluding carboxylic acids is 1. The maximum absolute atomic E-state index is 10.6. The molecule has 0 atom stereocenters. The summed E-state index contributed by atoms with van der Waals surface area (Å²) in [6.07, 6.45) is 3.13. The van der Waals surface area contributed by atoms with E-state index in [1.807, 2.05) is 19.1 Å². The summed E-state index contributed by atoms with van der Waals surface area (Å²) in [7, 11) is 1.66. The van der Waals surface area contributed by atoms with E-state index in [2.05, 4.69) is 11.1 Å². The van der Waals surface area contributed by atoms with Crippen molar-refractivity contribution in [3.05, 3.63) is 45.4 Å². The Balaban J connectivity index is 2.28. The molecule has 4 heteroatoms. The van der Waals surface area contributed by atoms with Gasteiger partial charge in [0, 0.05) is 18.2 Å². The van der Waals surface area contributed by atoms with Crippen LogP contribution in [-0.2, 0) is 6.42 Å². The number of methoxy groups -OCH3 is 1. The molecule has 88 valence electrons. The van der Waals surface area contributed by atoms with Gasteiger partial charge in [-0.25, -0.2) is 4.98 Å². The van der Waals surface area contributed by atoms with E-state index >= 15 is 0 Å². The lowest BCUT2D eigenvalue weighted by Crippen LogP contribution is -1.94. The Morgan fingerprint density at radius 3 is 2.94 bits per heavy atom. The van der Waals surface area contributed by atoms with Gasteiger partial charge in [0.2, 0.25) is 0 Å². The first-order valence-electron chi connectivity index (χ1n) is 5.26. The van der Waals surface area contributed by atoms with Gasteiger partial charge in [-0.2, -0.15) is 0 Å². The molecular formula is C13H13NO2S. The van der Waals surface area contributed by atoms with Crippen molar-refractivity contribution in [3.8, 4) is 5.75 Å². The summed E-state index contributed by atoms with van der Waals surface area (Å²) in [4.78, 5) is 15.5. The highest BCUT2D eigenvalue weighted by atomic mass is 32.1. The molecule has 3 nitrogen and oxygen atoms in total. The highest BCUT2D eigenvalue weighted by molar-refractivity contribution is 7.13. The van der Waals surface area contributed by atoms with Crippen molar-refractivity contribution in [2.45, 2.75) is 13.3 Å². The summed E-state index contributed by atoms with van der Waals surface area (Å²) in [6, 6.07) is 6.06. The summed E-state index contributed by atoms with van der Waals surface area (Å²) in [6.45, 7) is 2.04. The van der Waals surface area contributed by atoms with E-state index in [9.17, 15) is 4.79 Å². The number of carbonyl (C=O) groups is 1. The van der Waals surface area contributed by atoms with E-state index in [4.69, 9.17) is 4.74 Å². The summed E-state index contributed by atoms with van der Waals surface area (Å²) >= 11 is 1.42. The van der Waals surface area contributed by atoms with Gasteiger partial charge < -0.3 is 4.74 Å². The van der Waals surface area contributed by atoms with E-state index in [0.29, 0.717) is 11.3 Å². The van der Waals surface area contributed by atoms with Gasteiger partial charge in [-0.15, -0.1) is 11.3 Å². The molecule has 0 unspecified atom stereocenters. The SMILES string of the molecule is COc1ccc(C)cc1Cc1ncc(C=O)s1. The van der Waals surface area contributed by atoms with Gasteiger partial charge in [-0.1, -0.05) is 17.7 Å². The van der Waals surface area contributed by atoms with Gasteiger partial charge in [-0.05, 0) is 13.0 Å². The summed E-state index contributed by atoms with van der Waals surface area (Å²) < 4.78 is 5.31. The monoisotopic (exact) mass is 247 g/mol. The number of aryl methyl sites for hydroxylation is 1. The summed E-state index contributed by atoms with van der Waals surface area (Å²) in [5.41, 5.74) is 2.28. The molecule has 0 N–H and O–H groups in total. The molecule has 0 aliphatic carbocycles. The normalized spacial score (nSPS) is 10.2. The Morgan fingerprint density at radius 1 is 1.47 bits per heavy atom. The van der Waals surface area contributed by atoms with Crippen LogP contribution in [-0.4, -0.2) is 18.4 Å². The summed E-state index contributed by atoms with van der Waals surface area (Å²) in [5.74, 6) is 0.860. The van der Waals surface area contributed by atoms with Gasteiger partial charge in [0.1, 0.15) is 5.75 Å². The Morgan fingerprint density at radius 2 is 2.29 bits per heavy atom. The Kier molecular flexibility index (Phi) is 3.54. The van der Waals surface area contributed by atoms with Crippen molar-refractivity contribution >= 4 is 17.6 Å². The van der Waals surface area contributed by atoms with Crippen LogP contribution >= 0.6 is 11.3 Å². The number of rotatable bonds is 4. The molecule has 0 radical (unpaired) electrons.